The highest BCUT2D eigenvalue weighted by molar-refractivity contribution is 5.93. The molecule has 0 unspecified atom stereocenters. The average molecular weight is 335 g/mol. The molecular formula is C16H25N5O3. The van der Waals surface area contributed by atoms with Crippen molar-refractivity contribution in [2.45, 2.75) is 45.7 Å². The molecule has 0 bridgehead atoms. The van der Waals surface area contributed by atoms with Crippen LogP contribution < -0.4 is 10.6 Å². The van der Waals surface area contributed by atoms with Gasteiger partial charge in [0.2, 0.25) is 0 Å². The molecule has 0 saturated carbocycles. The molecule has 1 aromatic heterocycles. The van der Waals surface area contributed by atoms with Crippen LogP contribution in [0.4, 0.5) is 10.6 Å². The first kappa shape index (κ1) is 18.0. The number of hydrogen-bond acceptors (Lipinski definition) is 6. The predicted molar refractivity (Wildman–Crippen MR) is 89.9 cm³/mol. The molecule has 2 rings (SSSR count). The lowest BCUT2D eigenvalue weighted by molar-refractivity contribution is 0.0856. The maximum Gasteiger partial charge on any atom is 0.409 e. The molecule has 0 radical (unpaired) electrons. The van der Waals surface area contributed by atoms with Gasteiger partial charge in [-0.2, -0.15) is 0 Å². The molecule has 2 amide bonds. The zero-order valence-electron chi connectivity index (χ0n) is 14.4. The number of aromatic nitrogens is 2. The van der Waals surface area contributed by atoms with Gasteiger partial charge in [0.15, 0.2) is 0 Å². The van der Waals surface area contributed by atoms with Crippen molar-refractivity contribution in [1.29, 1.82) is 0 Å². The number of piperidine rings is 1. The lowest BCUT2D eigenvalue weighted by Gasteiger charge is -2.31. The molecular weight excluding hydrogens is 310 g/mol. The lowest BCUT2D eigenvalue weighted by atomic mass is 10.1. The summed E-state index contributed by atoms with van der Waals surface area (Å²) in [6.07, 6.45) is 2.49. The number of anilines is 1. The van der Waals surface area contributed by atoms with Gasteiger partial charge in [-0.05, 0) is 33.6 Å². The maximum atomic E-state index is 12.3. The van der Waals surface area contributed by atoms with Crippen LogP contribution in [0.1, 0.15) is 44.1 Å². The quantitative estimate of drug-likeness (QED) is 0.849. The van der Waals surface area contributed by atoms with Crippen molar-refractivity contribution < 1.29 is 14.3 Å². The summed E-state index contributed by atoms with van der Waals surface area (Å²) in [6.45, 7) is 7.31. The van der Waals surface area contributed by atoms with Crippen LogP contribution >= 0.6 is 0 Å². The van der Waals surface area contributed by atoms with Crippen molar-refractivity contribution in [3.8, 4) is 0 Å². The summed E-state index contributed by atoms with van der Waals surface area (Å²) in [5.41, 5.74) is 0.334. The molecule has 8 nitrogen and oxygen atoms in total. The first-order valence-electron chi connectivity index (χ1n) is 8.30. The molecule has 0 aromatic carbocycles. The first-order chi connectivity index (χ1) is 11.5. The van der Waals surface area contributed by atoms with Crippen LogP contribution in [-0.4, -0.2) is 58.6 Å². The number of nitrogens with zero attached hydrogens (tertiary/aromatic N) is 3. The van der Waals surface area contributed by atoms with Gasteiger partial charge in [-0.1, -0.05) is 0 Å². The number of ether oxygens (including phenoxy) is 1. The zero-order valence-corrected chi connectivity index (χ0v) is 14.4. The van der Waals surface area contributed by atoms with Crippen LogP contribution in [-0.2, 0) is 4.74 Å². The van der Waals surface area contributed by atoms with Gasteiger partial charge in [-0.3, -0.25) is 4.79 Å². The van der Waals surface area contributed by atoms with E-state index in [0.29, 0.717) is 44.0 Å². The van der Waals surface area contributed by atoms with Crippen molar-refractivity contribution >= 4 is 17.8 Å². The van der Waals surface area contributed by atoms with Crippen molar-refractivity contribution in [2.24, 2.45) is 0 Å². The molecule has 24 heavy (non-hydrogen) atoms. The number of amides is 2. The second-order valence-electron chi connectivity index (χ2n) is 6.02. The fraction of sp³-hybridized carbons (Fsp3) is 0.625. The Labute approximate surface area is 142 Å². The molecule has 2 heterocycles. The standard InChI is InChI=1S/C16H25N5O3/c1-4-24-16(23)21-7-5-12(6-8-21)20-15(22)13-9-14(18-10-17-13)19-11(2)3/h9-12H,4-8H2,1-3H3,(H,20,22)(H,17,18,19). The van der Waals surface area contributed by atoms with Gasteiger partial charge in [0.05, 0.1) is 6.61 Å². The molecule has 0 spiro atoms. The third-order valence-electron chi connectivity index (χ3n) is 3.69. The van der Waals surface area contributed by atoms with Gasteiger partial charge in [0, 0.05) is 31.2 Å². The normalized spacial score (nSPS) is 15.2. The second-order valence-corrected chi connectivity index (χ2v) is 6.02. The van der Waals surface area contributed by atoms with Crippen LogP contribution in [0.5, 0.6) is 0 Å². The molecule has 1 fully saturated rings. The molecule has 132 valence electrons. The minimum Gasteiger partial charge on any atom is -0.450 e. The predicted octanol–water partition coefficient (Wildman–Crippen LogP) is 1.65. The van der Waals surface area contributed by atoms with Crippen LogP contribution in [0, 0.1) is 0 Å². The average Bonchev–Trinajstić information content (AvgIpc) is 2.55. The van der Waals surface area contributed by atoms with Crippen molar-refractivity contribution in [3.05, 3.63) is 18.1 Å². The Kier molecular flexibility index (Phi) is 6.34. The summed E-state index contributed by atoms with van der Waals surface area (Å²) in [5, 5.41) is 6.12. The van der Waals surface area contributed by atoms with Crippen molar-refractivity contribution in [1.82, 2.24) is 20.2 Å². The monoisotopic (exact) mass is 335 g/mol. The molecule has 1 saturated heterocycles. The van der Waals surface area contributed by atoms with Crippen LogP contribution in [0.3, 0.4) is 0 Å². The summed E-state index contributed by atoms with van der Waals surface area (Å²) in [4.78, 5) is 33.8. The molecule has 1 aliphatic heterocycles. The number of carbonyl (C=O) groups excluding carboxylic acids is 2. The van der Waals surface area contributed by atoms with E-state index >= 15 is 0 Å². The van der Waals surface area contributed by atoms with E-state index in [0.717, 1.165) is 0 Å². The number of rotatable bonds is 5. The van der Waals surface area contributed by atoms with Gasteiger partial charge in [0.1, 0.15) is 17.8 Å². The molecule has 1 aromatic rings. The highest BCUT2D eigenvalue weighted by Gasteiger charge is 2.25. The highest BCUT2D eigenvalue weighted by atomic mass is 16.6. The molecule has 0 atom stereocenters. The van der Waals surface area contributed by atoms with E-state index in [1.807, 2.05) is 13.8 Å². The SMILES string of the molecule is CCOC(=O)N1CCC(NC(=O)c2cc(NC(C)C)ncn2)CC1. The summed E-state index contributed by atoms with van der Waals surface area (Å²) in [6, 6.07) is 1.89. The van der Waals surface area contributed by atoms with Gasteiger partial charge in [-0.25, -0.2) is 14.8 Å². The fourth-order valence-corrected chi connectivity index (χ4v) is 2.54. The molecule has 8 heteroatoms. The van der Waals surface area contributed by atoms with Crippen molar-refractivity contribution in [3.63, 3.8) is 0 Å². The Morgan fingerprint density at radius 3 is 2.67 bits per heavy atom. The van der Waals surface area contributed by atoms with E-state index in [2.05, 4.69) is 20.6 Å². The Balaban J connectivity index is 1.86. The number of nitrogens with one attached hydrogen (secondary N) is 2. The number of carbonyl (C=O) groups is 2. The molecule has 1 aliphatic rings. The van der Waals surface area contributed by atoms with Gasteiger partial charge >= 0.3 is 6.09 Å². The van der Waals surface area contributed by atoms with Crippen LogP contribution in [0.2, 0.25) is 0 Å². The minimum absolute atomic E-state index is 0.0275. The third kappa shape index (κ3) is 5.07. The largest absolute Gasteiger partial charge is 0.450 e. The van der Waals surface area contributed by atoms with E-state index in [9.17, 15) is 9.59 Å². The Hall–Kier alpha value is -2.38. The highest BCUT2D eigenvalue weighted by Crippen LogP contribution is 2.13. The third-order valence-corrected chi connectivity index (χ3v) is 3.69. The van der Waals surface area contributed by atoms with Crippen LogP contribution in [0.15, 0.2) is 12.4 Å². The zero-order chi connectivity index (χ0) is 17.5. The molecule has 0 aliphatic carbocycles. The van der Waals surface area contributed by atoms with E-state index in [4.69, 9.17) is 4.74 Å². The maximum absolute atomic E-state index is 12.3. The second kappa shape index (κ2) is 8.47. The summed E-state index contributed by atoms with van der Waals surface area (Å²) in [7, 11) is 0. The number of likely N-dealkylation sites (tertiary alicyclic amines) is 1. The topological polar surface area (TPSA) is 96.5 Å². The molecule has 2 N–H and O–H groups in total. The smallest absolute Gasteiger partial charge is 0.409 e. The van der Waals surface area contributed by atoms with Gasteiger partial charge in [-0.15, -0.1) is 0 Å². The van der Waals surface area contributed by atoms with Crippen LogP contribution in [0.25, 0.3) is 0 Å². The van der Waals surface area contributed by atoms with Gasteiger partial charge < -0.3 is 20.3 Å². The first-order valence-corrected chi connectivity index (χ1v) is 8.30. The Bertz CT molecular complexity index is 571. The summed E-state index contributed by atoms with van der Waals surface area (Å²) >= 11 is 0. The van der Waals surface area contributed by atoms with E-state index in [1.54, 1.807) is 17.9 Å². The fourth-order valence-electron chi connectivity index (χ4n) is 2.54. The summed E-state index contributed by atoms with van der Waals surface area (Å²) < 4.78 is 4.99. The Morgan fingerprint density at radius 2 is 2.04 bits per heavy atom. The van der Waals surface area contributed by atoms with E-state index in [-0.39, 0.29) is 24.1 Å². The minimum atomic E-state index is -0.289. The number of hydrogen-bond donors (Lipinski definition) is 2. The lowest BCUT2D eigenvalue weighted by Crippen LogP contribution is -2.46. The summed E-state index contributed by atoms with van der Waals surface area (Å²) in [5.74, 6) is 0.404. The van der Waals surface area contributed by atoms with Gasteiger partial charge in [0.25, 0.3) is 5.91 Å². The van der Waals surface area contributed by atoms with Crippen molar-refractivity contribution in [2.75, 3.05) is 25.0 Å². The van der Waals surface area contributed by atoms with E-state index in [1.165, 1.54) is 6.33 Å². The Morgan fingerprint density at radius 1 is 1.33 bits per heavy atom. The van der Waals surface area contributed by atoms with E-state index < -0.39 is 0 Å².